The quantitative estimate of drug-likeness (QED) is 0.840. The Labute approximate surface area is 154 Å². The number of piperidine rings is 1. The first-order chi connectivity index (χ1) is 12.3. The van der Waals surface area contributed by atoms with Crippen molar-refractivity contribution < 1.29 is 0 Å². The number of aromatic nitrogens is 2. The molecule has 0 bridgehead atoms. The summed E-state index contributed by atoms with van der Waals surface area (Å²) >= 11 is 6.12. The molecule has 0 spiro atoms. The van der Waals surface area contributed by atoms with Gasteiger partial charge in [0.1, 0.15) is 5.82 Å². The molecule has 0 radical (unpaired) electrons. The van der Waals surface area contributed by atoms with Gasteiger partial charge in [-0.25, -0.2) is 4.98 Å². The Balaban J connectivity index is 1.42. The molecular formula is C19H24ClN5. The highest BCUT2D eigenvalue weighted by Gasteiger charge is 2.20. The maximum atomic E-state index is 6.12. The molecule has 0 unspecified atom stereocenters. The summed E-state index contributed by atoms with van der Waals surface area (Å²) in [6, 6.07) is 10.1. The molecule has 25 heavy (non-hydrogen) atoms. The SMILES string of the molecule is Clc1cccc(N2CCN(c3ccnc(N4CCCCC4)n3)CC2)c1. The third-order valence-electron chi connectivity index (χ3n) is 5.04. The van der Waals surface area contributed by atoms with Crippen LogP contribution >= 0.6 is 11.6 Å². The Morgan fingerprint density at radius 2 is 1.56 bits per heavy atom. The van der Waals surface area contributed by atoms with Crippen LogP contribution in [0.5, 0.6) is 0 Å². The van der Waals surface area contributed by atoms with Gasteiger partial charge in [0.2, 0.25) is 5.95 Å². The molecule has 0 amide bonds. The normalized spacial score (nSPS) is 18.5. The zero-order valence-corrected chi connectivity index (χ0v) is 15.2. The number of anilines is 3. The smallest absolute Gasteiger partial charge is 0.227 e. The Morgan fingerprint density at radius 3 is 2.32 bits per heavy atom. The molecule has 2 aliphatic rings. The second-order valence-electron chi connectivity index (χ2n) is 6.72. The summed E-state index contributed by atoms with van der Waals surface area (Å²) in [5.74, 6) is 1.93. The van der Waals surface area contributed by atoms with Crippen LogP contribution in [-0.4, -0.2) is 49.2 Å². The predicted octanol–water partition coefficient (Wildman–Crippen LogP) is 3.45. The Hall–Kier alpha value is -2.01. The van der Waals surface area contributed by atoms with Gasteiger partial charge in [0, 0.05) is 56.2 Å². The number of rotatable bonds is 3. The summed E-state index contributed by atoms with van der Waals surface area (Å²) < 4.78 is 0. The molecule has 0 saturated carbocycles. The average Bonchev–Trinajstić information content (AvgIpc) is 2.69. The molecule has 5 nitrogen and oxygen atoms in total. The van der Waals surface area contributed by atoms with Gasteiger partial charge in [0.05, 0.1) is 0 Å². The number of hydrogen-bond donors (Lipinski definition) is 0. The predicted molar refractivity (Wildman–Crippen MR) is 104 cm³/mol. The molecule has 6 heteroatoms. The monoisotopic (exact) mass is 357 g/mol. The van der Waals surface area contributed by atoms with E-state index in [-0.39, 0.29) is 0 Å². The minimum atomic E-state index is 0.793. The molecule has 0 aliphatic carbocycles. The van der Waals surface area contributed by atoms with Crippen molar-refractivity contribution in [2.24, 2.45) is 0 Å². The van der Waals surface area contributed by atoms with Crippen molar-refractivity contribution >= 4 is 29.1 Å². The van der Waals surface area contributed by atoms with Gasteiger partial charge in [-0.1, -0.05) is 17.7 Å². The van der Waals surface area contributed by atoms with E-state index in [9.17, 15) is 0 Å². The third-order valence-corrected chi connectivity index (χ3v) is 5.28. The van der Waals surface area contributed by atoms with E-state index in [0.717, 1.165) is 56.1 Å². The summed E-state index contributed by atoms with van der Waals surface area (Å²) in [5.41, 5.74) is 1.20. The minimum Gasteiger partial charge on any atom is -0.368 e. The van der Waals surface area contributed by atoms with E-state index in [1.807, 2.05) is 30.5 Å². The van der Waals surface area contributed by atoms with Crippen molar-refractivity contribution in [3.8, 4) is 0 Å². The van der Waals surface area contributed by atoms with Crippen molar-refractivity contribution in [2.45, 2.75) is 19.3 Å². The van der Waals surface area contributed by atoms with Crippen molar-refractivity contribution in [3.05, 3.63) is 41.6 Å². The van der Waals surface area contributed by atoms with E-state index < -0.39 is 0 Å². The van der Waals surface area contributed by atoms with Crippen LogP contribution in [0.1, 0.15) is 19.3 Å². The lowest BCUT2D eigenvalue weighted by atomic mass is 10.1. The van der Waals surface area contributed by atoms with Crippen LogP contribution in [0, 0.1) is 0 Å². The van der Waals surface area contributed by atoms with E-state index >= 15 is 0 Å². The summed E-state index contributed by atoms with van der Waals surface area (Å²) in [7, 11) is 0. The molecule has 2 saturated heterocycles. The number of benzene rings is 1. The van der Waals surface area contributed by atoms with Crippen LogP contribution in [0.4, 0.5) is 17.5 Å². The molecule has 1 aromatic heterocycles. The highest BCUT2D eigenvalue weighted by atomic mass is 35.5. The van der Waals surface area contributed by atoms with Crippen molar-refractivity contribution in [1.82, 2.24) is 9.97 Å². The highest BCUT2D eigenvalue weighted by molar-refractivity contribution is 6.30. The van der Waals surface area contributed by atoms with Crippen LogP contribution < -0.4 is 14.7 Å². The largest absolute Gasteiger partial charge is 0.368 e. The van der Waals surface area contributed by atoms with Gasteiger partial charge < -0.3 is 14.7 Å². The van der Waals surface area contributed by atoms with Gasteiger partial charge in [-0.2, -0.15) is 4.98 Å². The van der Waals surface area contributed by atoms with Crippen LogP contribution in [-0.2, 0) is 0 Å². The molecule has 1 aromatic carbocycles. The summed E-state index contributed by atoms with van der Waals surface area (Å²) in [4.78, 5) is 16.4. The van der Waals surface area contributed by atoms with Gasteiger partial charge in [0.25, 0.3) is 0 Å². The molecule has 4 rings (SSSR count). The highest BCUT2D eigenvalue weighted by Crippen LogP contribution is 2.23. The number of piperazine rings is 1. The van der Waals surface area contributed by atoms with E-state index in [4.69, 9.17) is 16.6 Å². The Kier molecular flexibility index (Phi) is 4.92. The Bertz CT molecular complexity index is 708. The van der Waals surface area contributed by atoms with Crippen LogP contribution in [0.15, 0.2) is 36.5 Å². The van der Waals surface area contributed by atoms with Gasteiger partial charge in [0.15, 0.2) is 0 Å². The second-order valence-corrected chi connectivity index (χ2v) is 7.15. The first-order valence-corrected chi connectivity index (χ1v) is 9.51. The Morgan fingerprint density at radius 1 is 0.800 bits per heavy atom. The lowest BCUT2D eigenvalue weighted by molar-refractivity contribution is 0.567. The molecule has 2 fully saturated rings. The fourth-order valence-electron chi connectivity index (χ4n) is 3.63. The van der Waals surface area contributed by atoms with Gasteiger partial charge in [-0.05, 0) is 43.5 Å². The van der Waals surface area contributed by atoms with E-state index in [1.165, 1.54) is 24.9 Å². The standard InChI is InChI=1S/C19H24ClN5/c20-16-5-4-6-17(15-16)23-11-13-24(14-12-23)18-7-8-21-19(22-18)25-9-2-1-3-10-25/h4-8,15H,1-3,9-14H2. The molecule has 2 aliphatic heterocycles. The van der Waals surface area contributed by atoms with Crippen LogP contribution in [0.25, 0.3) is 0 Å². The number of hydrogen-bond acceptors (Lipinski definition) is 5. The van der Waals surface area contributed by atoms with Crippen molar-refractivity contribution in [2.75, 3.05) is 54.0 Å². The van der Waals surface area contributed by atoms with Gasteiger partial charge in [-0.3, -0.25) is 0 Å². The zero-order valence-electron chi connectivity index (χ0n) is 14.4. The van der Waals surface area contributed by atoms with Crippen LogP contribution in [0.3, 0.4) is 0 Å². The minimum absolute atomic E-state index is 0.793. The van der Waals surface area contributed by atoms with Gasteiger partial charge in [-0.15, -0.1) is 0 Å². The summed E-state index contributed by atoms with van der Waals surface area (Å²) in [5, 5.41) is 0.793. The lowest BCUT2D eigenvalue weighted by Crippen LogP contribution is -2.47. The first kappa shape index (κ1) is 16.5. The van der Waals surface area contributed by atoms with E-state index in [0.29, 0.717) is 0 Å². The zero-order chi connectivity index (χ0) is 17.1. The molecule has 132 valence electrons. The maximum absolute atomic E-state index is 6.12. The van der Waals surface area contributed by atoms with E-state index in [1.54, 1.807) is 0 Å². The lowest BCUT2D eigenvalue weighted by Gasteiger charge is -2.37. The topological polar surface area (TPSA) is 35.5 Å². The molecular weight excluding hydrogens is 334 g/mol. The maximum Gasteiger partial charge on any atom is 0.227 e. The number of nitrogens with zero attached hydrogens (tertiary/aromatic N) is 5. The second kappa shape index (κ2) is 7.48. The first-order valence-electron chi connectivity index (χ1n) is 9.13. The summed E-state index contributed by atoms with van der Waals surface area (Å²) in [6.45, 7) is 6.02. The van der Waals surface area contributed by atoms with Crippen LogP contribution in [0.2, 0.25) is 5.02 Å². The fourth-order valence-corrected chi connectivity index (χ4v) is 3.81. The number of halogens is 1. The molecule has 0 atom stereocenters. The van der Waals surface area contributed by atoms with Gasteiger partial charge >= 0.3 is 0 Å². The van der Waals surface area contributed by atoms with E-state index in [2.05, 4.69) is 25.8 Å². The molecule has 2 aromatic rings. The van der Waals surface area contributed by atoms with Crippen molar-refractivity contribution in [1.29, 1.82) is 0 Å². The summed E-state index contributed by atoms with van der Waals surface area (Å²) in [6.07, 6.45) is 5.70. The van der Waals surface area contributed by atoms with Crippen molar-refractivity contribution in [3.63, 3.8) is 0 Å². The fraction of sp³-hybridized carbons (Fsp3) is 0.474. The molecule has 0 N–H and O–H groups in total. The molecule has 3 heterocycles. The third kappa shape index (κ3) is 3.82. The average molecular weight is 358 g/mol.